The predicted molar refractivity (Wildman–Crippen MR) is 128 cm³/mol. The van der Waals surface area contributed by atoms with E-state index in [1.807, 2.05) is 60.9 Å². The van der Waals surface area contributed by atoms with Gasteiger partial charge in [-0.25, -0.2) is 0 Å². The second-order valence-electron chi connectivity index (χ2n) is 7.20. The van der Waals surface area contributed by atoms with Crippen LogP contribution in [0.5, 0.6) is 0 Å². The third-order valence-electron chi connectivity index (χ3n) is 4.98. The normalized spacial score (nSPS) is 10.6. The van der Waals surface area contributed by atoms with Gasteiger partial charge in [-0.3, -0.25) is 9.97 Å². The molecule has 2 aromatic carbocycles. The maximum atomic E-state index is 5.91. The lowest BCUT2D eigenvalue weighted by Gasteiger charge is -2.29. The molecule has 0 saturated carbocycles. The molecule has 2 heterocycles. The lowest BCUT2D eigenvalue weighted by atomic mass is 9.99. The summed E-state index contributed by atoms with van der Waals surface area (Å²) >= 11 is 5.91. The van der Waals surface area contributed by atoms with E-state index in [1.54, 1.807) is 0 Å². The smallest absolute Gasteiger partial charge is 0.170 e. The van der Waals surface area contributed by atoms with Gasteiger partial charge < -0.3 is 10.2 Å². The van der Waals surface area contributed by atoms with Gasteiger partial charge in [-0.05, 0) is 47.6 Å². The molecule has 0 aliphatic heterocycles. The summed E-state index contributed by atoms with van der Waals surface area (Å²) in [5.74, 6) is 0. The molecule has 154 valence electrons. The molecule has 5 heteroatoms. The Morgan fingerprint density at radius 3 is 1.55 bits per heavy atom. The van der Waals surface area contributed by atoms with Crippen LogP contribution >= 0.6 is 12.2 Å². The van der Waals surface area contributed by atoms with E-state index in [0.717, 1.165) is 22.5 Å². The molecule has 31 heavy (non-hydrogen) atoms. The highest BCUT2D eigenvalue weighted by atomic mass is 32.1. The topological polar surface area (TPSA) is 41.0 Å². The zero-order valence-corrected chi connectivity index (χ0v) is 18.0. The molecule has 4 aromatic rings. The van der Waals surface area contributed by atoms with Gasteiger partial charge in [-0.2, -0.15) is 0 Å². The fourth-order valence-electron chi connectivity index (χ4n) is 3.44. The van der Waals surface area contributed by atoms with Gasteiger partial charge in [-0.15, -0.1) is 0 Å². The zero-order valence-electron chi connectivity index (χ0n) is 17.1. The third kappa shape index (κ3) is 5.74. The van der Waals surface area contributed by atoms with Crippen LogP contribution in [0.1, 0.15) is 28.6 Å². The van der Waals surface area contributed by atoms with Gasteiger partial charge in [0.05, 0.1) is 30.5 Å². The summed E-state index contributed by atoms with van der Waals surface area (Å²) in [5.41, 5.74) is 4.23. The largest absolute Gasteiger partial charge is 0.352 e. The fraction of sp³-hybridized carbons (Fsp3) is 0.115. The van der Waals surface area contributed by atoms with Crippen LogP contribution in [0.3, 0.4) is 0 Å². The number of rotatable bonds is 7. The Labute approximate surface area is 188 Å². The average Bonchev–Trinajstić information content (AvgIpc) is 2.84. The van der Waals surface area contributed by atoms with Crippen molar-refractivity contribution in [2.75, 3.05) is 0 Å². The van der Waals surface area contributed by atoms with Crippen molar-refractivity contribution in [2.45, 2.75) is 19.1 Å². The standard InChI is InChI=1S/C26H24N4S/c31-26(29-25(21-11-3-1-4-12-21)22-13-5-2-6-14-22)30(19-23-15-7-9-17-27-23)20-24-16-8-10-18-28-24/h1-18,25H,19-20H2,(H,29,31). The summed E-state index contributed by atoms with van der Waals surface area (Å²) in [5, 5.41) is 4.25. The monoisotopic (exact) mass is 424 g/mol. The highest BCUT2D eigenvalue weighted by Crippen LogP contribution is 2.22. The van der Waals surface area contributed by atoms with Crippen molar-refractivity contribution < 1.29 is 0 Å². The number of nitrogens with zero attached hydrogens (tertiary/aromatic N) is 3. The Morgan fingerprint density at radius 1 is 0.677 bits per heavy atom. The number of pyridine rings is 2. The molecule has 4 rings (SSSR count). The van der Waals surface area contributed by atoms with Crippen molar-refractivity contribution >= 4 is 17.3 Å². The van der Waals surface area contributed by atoms with Gasteiger partial charge in [0.15, 0.2) is 5.11 Å². The van der Waals surface area contributed by atoms with Gasteiger partial charge in [0.1, 0.15) is 0 Å². The molecule has 0 saturated heterocycles. The van der Waals surface area contributed by atoms with Crippen LogP contribution in [0, 0.1) is 0 Å². The van der Waals surface area contributed by atoms with E-state index in [1.165, 1.54) is 0 Å². The molecule has 1 N–H and O–H groups in total. The quantitative estimate of drug-likeness (QED) is 0.416. The first-order chi connectivity index (χ1) is 15.3. The highest BCUT2D eigenvalue weighted by molar-refractivity contribution is 7.80. The van der Waals surface area contributed by atoms with E-state index in [-0.39, 0.29) is 6.04 Å². The van der Waals surface area contributed by atoms with E-state index in [9.17, 15) is 0 Å². The number of hydrogen-bond donors (Lipinski definition) is 1. The minimum atomic E-state index is -0.0511. The first-order valence-corrected chi connectivity index (χ1v) is 10.7. The van der Waals surface area contributed by atoms with Gasteiger partial charge in [0.2, 0.25) is 0 Å². The Hall–Kier alpha value is -3.57. The molecule has 0 bridgehead atoms. The number of nitrogens with one attached hydrogen (secondary N) is 1. The number of aromatic nitrogens is 2. The fourth-order valence-corrected chi connectivity index (χ4v) is 3.69. The van der Waals surface area contributed by atoms with Crippen molar-refractivity contribution in [1.82, 2.24) is 20.2 Å². The van der Waals surface area contributed by atoms with Crippen LogP contribution in [-0.2, 0) is 13.1 Å². The molecule has 2 aromatic heterocycles. The van der Waals surface area contributed by atoms with Crippen molar-refractivity contribution in [3.8, 4) is 0 Å². The van der Waals surface area contributed by atoms with Gasteiger partial charge in [-0.1, -0.05) is 72.8 Å². The second kappa shape index (κ2) is 10.5. The number of benzene rings is 2. The van der Waals surface area contributed by atoms with E-state index in [0.29, 0.717) is 18.2 Å². The van der Waals surface area contributed by atoms with Crippen molar-refractivity contribution in [3.63, 3.8) is 0 Å². The molecule has 0 atom stereocenters. The van der Waals surface area contributed by atoms with Crippen molar-refractivity contribution in [1.29, 1.82) is 0 Å². The molecule has 0 unspecified atom stereocenters. The van der Waals surface area contributed by atoms with Gasteiger partial charge >= 0.3 is 0 Å². The van der Waals surface area contributed by atoms with Crippen LogP contribution in [0.2, 0.25) is 0 Å². The third-order valence-corrected chi connectivity index (χ3v) is 5.35. The molecule has 4 nitrogen and oxygen atoms in total. The molecule has 0 spiro atoms. The van der Waals surface area contributed by atoms with E-state index < -0.39 is 0 Å². The van der Waals surface area contributed by atoms with E-state index in [4.69, 9.17) is 12.2 Å². The van der Waals surface area contributed by atoms with Crippen LogP contribution in [0.4, 0.5) is 0 Å². The van der Waals surface area contributed by atoms with Crippen LogP contribution in [-0.4, -0.2) is 20.0 Å². The number of thiocarbonyl (C=S) groups is 1. The lowest BCUT2D eigenvalue weighted by molar-refractivity contribution is 0.385. The zero-order chi connectivity index (χ0) is 21.3. The van der Waals surface area contributed by atoms with Gasteiger partial charge in [0.25, 0.3) is 0 Å². The molecule has 0 amide bonds. The SMILES string of the molecule is S=C(NC(c1ccccc1)c1ccccc1)N(Cc1ccccn1)Cc1ccccn1. The summed E-state index contributed by atoms with van der Waals surface area (Å²) in [6.45, 7) is 1.19. The van der Waals surface area contributed by atoms with Crippen molar-refractivity contribution in [2.24, 2.45) is 0 Å². The molecule has 0 aliphatic carbocycles. The minimum absolute atomic E-state index is 0.0511. The van der Waals surface area contributed by atoms with Crippen molar-refractivity contribution in [3.05, 3.63) is 132 Å². The molecular weight excluding hydrogens is 400 g/mol. The second-order valence-corrected chi connectivity index (χ2v) is 7.59. The summed E-state index contributed by atoms with van der Waals surface area (Å²) < 4.78 is 0. The maximum Gasteiger partial charge on any atom is 0.170 e. The Balaban J connectivity index is 1.61. The summed E-state index contributed by atoms with van der Waals surface area (Å²) in [7, 11) is 0. The molecule has 0 fully saturated rings. The Kier molecular flexibility index (Phi) is 6.98. The highest BCUT2D eigenvalue weighted by Gasteiger charge is 2.19. The maximum absolute atomic E-state index is 5.91. The minimum Gasteiger partial charge on any atom is -0.352 e. The Morgan fingerprint density at radius 2 is 1.13 bits per heavy atom. The molecular formula is C26H24N4S. The van der Waals surface area contributed by atoms with Gasteiger partial charge in [0, 0.05) is 12.4 Å². The molecule has 0 aliphatic rings. The summed E-state index contributed by atoms with van der Waals surface area (Å²) in [6.07, 6.45) is 3.61. The predicted octanol–water partition coefficient (Wildman–Crippen LogP) is 5.14. The first-order valence-electron chi connectivity index (χ1n) is 10.2. The summed E-state index contributed by atoms with van der Waals surface area (Å²) in [4.78, 5) is 11.1. The average molecular weight is 425 g/mol. The summed E-state index contributed by atoms with van der Waals surface area (Å²) in [6, 6.07) is 32.5. The van der Waals surface area contributed by atoms with E-state index in [2.05, 4.69) is 68.7 Å². The molecule has 0 radical (unpaired) electrons. The van der Waals surface area contributed by atoms with Crippen LogP contribution in [0.25, 0.3) is 0 Å². The van der Waals surface area contributed by atoms with Crippen LogP contribution < -0.4 is 5.32 Å². The Bertz CT molecular complexity index is 992. The van der Waals surface area contributed by atoms with E-state index >= 15 is 0 Å². The first kappa shape index (κ1) is 20.7. The lowest BCUT2D eigenvalue weighted by Crippen LogP contribution is -2.41. The number of hydrogen-bond acceptors (Lipinski definition) is 3. The van der Waals surface area contributed by atoms with Crippen LogP contribution in [0.15, 0.2) is 109 Å².